The lowest BCUT2D eigenvalue weighted by molar-refractivity contribution is 1.49. The Morgan fingerprint density at radius 2 is 2.11 bits per heavy atom. The standard InChI is InChI=1S/C7H10NP/c1-5-4-6(9)2-3-7(5)8/h2-4H,8-9H2,1H3. The van der Waals surface area contributed by atoms with Crippen molar-refractivity contribution in [1.82, 2.24) is 0 Å². The van der Waals surface area contributed by atoms with Crippen LogP contribution in [0.2, 0.25) is 0 Å². The molecule has 0 amide bonds. The average Bonchev–Trinajstić information content (AvgIpc) is 1.80. The van der Waals surface area contributed by atoms with Crippen LogP contribution in [0, 0.1) is 6.92 Å². The molecule has 48 valence electrons. The molecule has 0 aliphatic heterocycles. The number of nitrogen functional groups attached to an aromatic ring is 1. The number of hydrogen-bond donors (Lipinski definition) is 1. The van der Waals surface area contributed by atoms with Crippen LogP contribution in [0.25, 0.3) is 0 Å². The van der Waals surface area contributed by atoms with Crippen LogP contribution in [0.3, 0.4) is 0 Å². The van der Waals surface area contributed by atoms with Crippen LogP contribution in [0.5, 0.6) is 0 Å². The van der Waals surface area contributed by atoms with Crippen LogP contribution < -0.4 is 11.0 Å². The zero-order valence-electron chi connectivity index (χ0n) is 5.39. The summed E-state index contributed by atoms with van der Waals surface area (Å²) in [4.78, 5) is 0. The summed E-state index contributed by atoms with van der Waals surface area (Å²) in [6, 6.07) is 5.94. The van der Waals surface area contributed by atoms with Crippen molar-refractivity contribution in [2.24, 2.45) is 0 Å². The predicted molar refractivity (Wildman–Crippen MR) is 44.9 cm³/mol. The fourth-order valence-corrected chi connectivity index (χ4v) is 1.05. The molecule has 9 heavy (non-hydrogen) atoms. The Balaban J connectivity index is 3.17. The zero-order chi connectivity index (χ0) is 6.85. The van der Waals surface area contributed by atoms with Gasteiger partial charge in [0.1, 0.15) is 0 Å². The van der Waals surface area contributed by atoms with Gasteiger partial charge >= 0.3 is 0 Å². The molecule has 0 aliphatic carbocycles. The van der Waals surface area contributed by atoms with Gasteiger partial charge < -0.3 is 5.73 Å². The fraction of sp³-hybridized carbons (Fsp3) is 0.143. The summed E-state index contributed by atoms with van der Waals surface area (Å²) in [6.45, 7) is 2.00. The van der Waals surface area contributed by atoms with E-state index in [-0.39, 0.29) is 0 Å². The first-order valence-electron chi connectivity index (χ1n) is 2.82. The molecule has 0 saturated heterocycles. The number of benzene rings is 1. The Labute approximate surface area is 57.5 Å². The van der Waals surface area contributed by atoms with Gasteiger partial charge in [-0.25, -0.2) is 0 Å². The summed E-state index contributed by atoms with van der Waals surface area (Å²) in [5.41, 5.74) is 7.58. The maximum atomic E-state index is 5.58. The van der Waals surface area contributed by atoms with Crippen molar-refractivity contribution in [3.8, 4) is 0 Å². The van der Waals surface area contributed by atoms with E-state index >= 15 is 0 Å². The van der Waals surface area contributed by atoms with Crippen LogP contribution in [0.4, 0.5) is 5.69 Å². The lowest BCUT2D eigenvalue weighted by atomic mass is 10.2. The van der Waals surface area contributed by atoms with Gasteiger partial charge in [-0.3, -0.25) is 0 Å². The summed E-state index contributed by atoms with van der Waals surface area (Å²) in [5.74, 6) is 0. The fourth-order valence-electron chi connectivity index (χ4n) is 0.699. The molecule has 1 nitrogen and oxygen atoms in total. The quantitative estimate of drug-likeness (QED) is 0.422. The Kier molecular flexibility index (Phi) is 1.73. The van der Waals surface area contributed by atoms with Crippen LogP contribution in [-0.2, 0) is 0 Å². The summed E-state index contributed by atoms with van der Waals surface area (Å²) in [7, 11) is 2.63. The van der Waals surface area contributed by atoms with E-state index in [0.29, 0.717) is 0 Å². The number of hydrogen-bond acceptors (Lipinski definition) is 1. The van der Waals surface area contributed by atoms with Crippen LogP contribution >= 0.6 is 9.24 Å². The van der Waals surface area contributed by atoms with E-state index in [2.05, 4.69) is 9.24 Å². The van der Waals surface area contributed by atoms with Crippen molar-refractivity contribution in [2.45, 2.75) is 6.92 Å². The molecule has 0 aliphatic rings. The maximum absolute atomic E-state index is 5.58. The summed E-state index contributed by atoms with van der Waals surface area (Å²) >= 11 is 0. The first-order chi connectivity index (χ1) is 4.20. The van der Waals surface area contributed by atoms with Crippen molar-refractivity contribution in [1.29, 1.82) is 0 Å². The van der Waals surface area contributed by atoms with Crippen molar-refractivity contribution in [3.63, 3.8) is 0 Å². The average molecular weight is 139 g/mol. The van der Waals surface area contributed by atoms with E-state index < -0.39 is 0 Å². The van der Waals surface area contributed by atoms with E-state index in [1.54, 1.807) is 0 Å². The summed E-state index contributed by atoms with van der Waals surface area (Å²) in [5, 5.41) is 1.18. The lowest BCUT2D eigenvalue weighted by Gasteiger charge is -1.98. The molecular weight excluding hydrogens is 129 g/mol. The van der Waals surface area contributed by atoms with E-state index in [0.717, 1.165) is 11.3 Å². The third-order valence-corrected chi connectivity index (χ3v) is 1.65. The summed E-state index contributed by atoms with van der Waals surface area (Å²) < 4.78 is 0. The van der Waals surface area contributed by atoms with Crippen LogP contribution in [0.15, 0.2) is 18.2 Å². The maximum Gasteiger partial charge on any atom is 0.0344 e. The van der Waals surface area contributed by atoms with Gasteiger partial charge in [0.2, 0.25) is 0 Å². The van der Waals surface area contributed by atoms with Gasteiger partial charge in [-0.1, -0.05) is 12.1 Å². The molecule has 2 heteroatoms. The third-order valence-electron chi connectivity index (χ3n) is 1.29. The number of anilines is 1. The number of aryl methyl sites for hydroxylation is 1. The molecule has 1 unspecified atom stereocenters. The lowest BCUT2D eigenvalue weighted by Crippen LogP contribution is -1.95. The molecule has 0 fully saturated rings. The Bertz CT molecular complexity index is 220. The minimum atomic E-state index is 0.862. The van der Waals surface area contributed by atoms with E-state index in [1.807, 2.05) is 25.1 Å². The molecular formula is C7H10NP. The Morgan fingerprint density at radius 3 is 2.56 bits per heavy atom. The van der Waals surface area contributed by atoms with Crippen molar-refractivity contribution in [2.75, 3.05) is 5.73 Å². The summed E-state index contributed by atoms with van der Waals surface area (Å²) in [6.07, 6.45) is 0. The molecule has 2 N–H and O–H groups in total. The molecule has 1 rings (SSSR count). The second kappa shape index (κ2) is 2.36. The topological polar surface area (TPSA) is 26.0 Å². The second-order valence-electron chi connectivity index (χ2n) is 2.12. The monoisotopic (exact) mass is 139 g/mol. The van der Waals surface area contributed by atoms with Crippen molar-refractivity contribution in [3.05, 3.63) is 23.8 Å². The molecule has 1 atom stereocenters. The molecule has 0 aromatic heterocycles. The number of rotatable bonds is 0. The minimum absolute atomic E-state index is 0.862. The second-order valence-corrected chi connectivity index (χ2v) is 2.78. The molecule has 0 heterocycles. The molecule has 0 spiro atoms. The first kappa shape index (κ1) is 6.57. The minimum Gasteiger partial charge on any atom is -0.399 e. The van der Waals surface area contributed by atoms with Crippen LogP contribution in [0.1, 0.15) is 5.56 Å². The highest BCUT2D eigenvalue weighted by molar-refractivity contribution is 7.27. The van der Waals surface area contributed by atoms with Crippen LogP contribution in [-0.4, -0.2) is 0 Å². The SMILES string of the molecule is Cc1cc(P)ccc1N. The number of nitrogens with two attached hydrogens (primary N) is 1. The van der Waals surface area contributed by atoms with E-state index in [4.69, 9.17) is 5.73 Å². The highest BCUT2D eigenvalue weighted by Gasteiger charge is 1.89. The van der Waals surface area contributed by atoms with Gasteiger partial charge in [-0.15, -0.1) is 9.24 Å². The Hall–Kier alpha value is -0.550. The van der Waals surface area contributed by atoms with E-state index in [1.165, 1.54) is 5.30 Å². The van der Waals surface area contributed by atoms with Gasteiger partial charge in [0.25, 0.3) is 0 Å². The van der Waals surface area contributed by atoms with Crippen molar-refractivity contribution >= 4 is 20.2 Å². The van der Waals surface area contributed by atoms with Crippen molar-refractivity contribution < 1.29 is 0 Å². The third kappa shape index (κ3) is 1.43. The van der Waals surface area contributed by atoms with Gasteiger partial charge in [-0.2, -0.15) is 0 Å². The molecule has 1 aromatic carbocycles. The van der Waals surface area contributed by atoms with Gasteiger partial charge in [-0.05, 0) is 23.9 Å². The highest BCUT2D eigenvalue weighted by Crippen LogP contribution is 2.07. The van der Waals surface area contributed by atoms with E-state index in [9.17, 15) is 0 Å². The normalized spacial score (nSPS) is 9.56. The molecule has 0 bridgehead atoms. The highest BCUT2D eigenvalue weighted by atomic mass is 31.0. The van der Waals surface area contributed by atoms with Gasteiger partial charge in [0, 0.05) is 5.69 Å². The van der Waals surface area contributed by atoms with Gasteiger partial charge in [0.05, 0.1) is 0 Å². The Morgan fingerprint density at radius 1 is 1.44 bits per heavy atom. The predicted octanol–water partition coefficient (Wildman–Crippen LogP) is 1.08. The largest absolute Gasteiger partial charge is 0.399 e. The smallest absolute Gasteiger partial charge is 0.0344 e. The molecule has 0 saturated carbocycles. The van der Waals surface area contributed by atoms with Gasteiger partial charge in [0.15, 0.2) is 0 Å². The molecule has 1 aromatic rings. The first-order valence-corrected chi connectivity index (χ1v) is 3.39. The molecule has 0 radical (unpaired) electrons. The zero-order valence-corrected chi connectivity index (χ0v) is 6.54.